The van der Waals surface area contributed by atoms with E-state index in [1.165, 1.54) is 5.01 Å². The molecule has 0 N–H and O–H groups in total. The summed E-state index contributed by atoms with van der Waals surface area (Å²) in [5.74, 6) is 0.521. The van der Waals surface area contributed by atoms with Crippen LogP contribution in [0.5, 0.6) is 0 Å². The molecule has 0 aliphatic rings. The highest BCUT2D eigenvalue weighted by molar-refractivity contribution is 7.09. The van der Waals surface area contributed by atoms with E-state index in [-0.39, 0.29) is 0 Å². The second kappa shape index (κ2) is 7.22. The Kier molecular flexibility index (Phi) is 6.28. The van der Waals surface area contributed by atoms with Gasteiger partial charge in [0.15, 0.2) is 0 Å². The summed E-state index contributed by atoms with van der Waals surface area (Å²) < 4.78 is 0. The summed E-state index contributed by atoms with van der Waals surface area (Å²) >= 11 is 7.42. The lowest BCUT2D eigenvalue weighted by molar-refractivity contribution is 0.284. The van der Waals surface area contributed by atoms with Crippen molar-refractivity contribution in [3.63, 3.8) is 0 Å². The van der Waals surface area contributed by atoms with Crippen LogP contribution in [0.4, 0.5) is 0 Å². The molecule has 0 spiro atoms. The summed E-state index contributed by atoms with van der Waals surface area (Å²) in [5.41, 5.74) is 0.998. The van der Waals surface area contributed by atoms with Crippen LogP contribution >= 0.6 is 22.9 Å². The Morgan fingerprint density at radius 1 is 1.25 bits per heavy atom. The molecule has 0 aliphatic heterocycles. The molecule has 1 rings (SSSR count). The number of alkyl halides is 1. The van der Waals surface area contributed by atoms with Crippen molar-refractivity contribution < 1.29 is 0 Å². The number of hydrogen-bond acceptors (Lipinski definition) is 4. The molecule has 0 aromatic carbocycles. The van der Waals surface area contributed by atoms with Crippen LogP contribution in [0.1, 0.15) is 10.7 Å². The molecule has 3 nitrogen and oxygen atoms in total. The van der Waals surface area contributed by atoms with Gasteiger partial charge in [0, 0.05) is 31.4 Å². The highest BCUT2D eigenvalue weighted by Gasteiger charge is 2.04. The Balaban J connectivity index is 2.23. The van der Waals surface area contributed by atoms with E-state index < -0.39 is 0 Å². The summed E-state index contributed by atoms with van der Waals surface area (Å²) in [7, 11) is 6.35. The quantitative estimate of drug-likeness (QED) is 0.699. The number of thiazole rings is 1. The minimum atomic E-state index is 0.521. The van der Waals surface area contributed by atoms with Gasteiger partial charge in [-0.05, 0) is 21.1 Å². The van der Waals surface area contributed by atoms with Gasteiger partial charge >= 0.3 is 0 Å². The molecule has 1 aromatic heterocycles. The smallest absolute Gasteiger partial charge is 0.0941 e. The second-order valence-electron chi connectivity index (χ2n) is 4.22. The lowest BCUT2D eigenvalue weighted by Crippen LogP contribution is -2.30. The van der Waals surface area contributed by atoms with Gasteiger partial charge < -0.3 is 9.80 Å². The lowest BCUT2D eigenvalue weighted by atomic mass is 10.4. The van der Waals surface area contributed by atoms with E-state index in [1.54, 1.807) is 11.3 Å². The topological polar surface area (TPSA) is 19.4 Å². The summed E-state index contributed by atoms with van der Waals surface area (Å²) in [5, 5.41) is 3.23. The van der Waals surface area contributed by atoms with Crippen molar-refractivity contribution in [1.29, 1.82) is 0 Å². The summed E-state index contributed by atoms with van der Waals surface area (Å²) in [6.45, 7) is 3.26. The molecule has 0 atom stereocenters. The highest BCUT2D eigenvalue weighted by Crippen LogP contribution is 2.12. The minimum Gasteiger partial charge on any atom is -0.308 e. The third-order valence-corrected chi connectivity index (χ3v) is 3.60. The minimum absolute atomic E-state index is 0.521. The Bertz CT molecular complexity index is 301. The fourth-order valence-electron chi connectivity index (χ4n) is 1.29. The van der Waals surface area contributed by atoms with Crippen LogP contribution in [0, 0.1) is 0 Å². The van der Waals surface area contributed by atoms with Crippen molar-refractivity contribution in [3.05, 3.63) is 16.1 Å². The normalized spacial score (nSPS) is 11.6. The zero-order valence-corrected chi connectivity index (χ0v) is 11.8. The van der Waals surface area contributed by atoms with Gasteiger partial charge in [-0.25, -0.2) is 4.98 Å². The fraction of sp³-hybridized carbons (Fsp3) is 0.727. The SMILES string of the molecule is CN(C)CCN(C)CCc1nc(CCl)cs1. The van der Waals surface area contributed by atoms with Crippen molar-refractivity contribution in [2.24, 2.45) is 0 Å². The van der Waals surface area contributed by atoms with Crippen molar-refractivity contribution in [2.75, 3.05) is 40.8 Å². The van der Waals surface area contributed by atoms with Crippen LogP contribution in [0.25, 0.3) is 0 Å². The summed E-state index contributed by atoms with van der Waals surface area (Å²) in [6.07, 6.45) is 1.02. The van der Waals surface area contributed by atoms with Crippen LogP contribution in [0.15, 0.2) is 5.38 Å². The van der Waals surface area contributed by atoms with Gasteiger partial charge in [0.1, 0.15) is 0 Å². The molecular formula is C11H20ClN3S. The maximum absolute atomic E-state index is 5.72. The largest absolute Gasteiger partial charge is 0.308 e. The van der Waals surface area contributed by atoms with Gasteiger partial charge in [0.2, 0.25) is 0 Å². The number of rotatable bonds is 7. The molecule has 0 saturated carbocycles. The van der Waals surface area contributed by atoms with E-state index in [0.717, 1.165) is 31.7 Å². The van der Waals surface area contributed by atoms with Crippen molar-refractivity contribution >= 4 is 22.9 Å². The average Bonchev–Trinajstić information content (AvgIpc) is 2.71. The van der Waals surface area contributed by atoms with E-state index >= 15 is 0 Å². The molecule has 92 valence electrons. The Labute approximate surface area is 107 Å². The van der Waals surface area contributed by atoms with Gasteiger partial charge in [-0.3, -0.25) is 0 Å². The first-order chi connectivity index (χ1) is 7.61. The molecule has 1 heterocycles. The average molecular weight is 262 g/mol. The molecule has 0 aliphatic carbocycles. The monoisotopic (exact) mass is 261 g/mol. The van der Waals surface area contributed by atoms with Crippen molar-refractivity contribution in [1.82, 2.24) is 14.8 Å². The van der Waals surface area contributed by atoms with Gasteiger partial charge in [-0.1, -0.05) is 0 Å². The molecule has 0 saturated heterocycles. The molecule has 0 fully saturated rings. The van der Waals surface area contributed by atoms with Gasteiger partial charge in [0.05, 0.1) is 16.6 Å². The number of likely N-dealkylation sites (N-methyl/N-ethyl adjacent to an activating group) is 2. The van der Waals surface area contributed by atoms with E-state index in [0.29, 0.717) is 5.88 Å². The number of nitrogens with zero attached hydrogens (tertiary/aromatic N) is 3. The molecule has 5 heteroatoms. The van der Waals surface area contributed by atoms with Crippen molar-refractivity contribution in [3.8, 4) is 0 Å². The first-order valence-corrected chi connectivity index (χ1v) is 6.85. The third-order valence-electron chi connectivity index (χ3n) is 2.37. The Hall–Kier alpha value is -0.160. The molecule has 0 radical (unpaired) electrons. The van der Waals surface area contributed by atoms with Crippen LogP contribution in [0.2, 0.25) is 0 Å². The van der Waals surface area contributed by atoms with E-state index in [1.807, 2.05) is 5.38 Å². The second-order valence-corrected chi connectivity index (χ2v) is 5.43. The molecule has 0 unspecified atom stereocenters. The van der Waals surface area contributed by atoms with E-state index in [2.05, 4.69) is 35.9 Å². The Morgan fingerprint density at radius 3 is 2.56 bits per heavy atom. The van der Waals surface area contributed by atoms with Gasteiger partial charge in [-0.15, -0.1) is 22.9 Å². The fourth-order valence-corrected chi connectivity index (χ4v) is 2.31. The molecule has 1 aromatic rings. The van der Waals surface area contributed by atoms with E-state index in [4.69, 9.17) is 11.6 Å². The summed E-state index contributed by atoms with van der Waals surface area (Å²) in [4.78, 5) is 8.98. The maximum Gasteiger partial charge on any atom is 0.0941 e. The first-order valence-electron chi connectivity index (χ1n) is 5.44. The van der Waals surface area contributed by atoms with Crippen LogP contribution in [-0.4, -0.2) is 55.6 Å². The number of halogens is 1. The lowest BCUT2D eigenvalue weighted by Gasteiger charge is -2.18. The predicted octanol–water partition coefficient (Wildman–Crippen LogP) is 1.92. The first kappa shape index (κ1) is 13.9. The van der Waals surface area contributed by atoms with Crippen LogP contribution in [0.3, 0.4) is 0 Å². The Morgan fingerprint density at radius 2 is 2.00 bits per heavy atom. The summed E-state index contributed by atoms with van der Waals surface area (Å²) in [6, 6.07) is 0. The zero-order chi connectivity index (χ0) is 12.0. The molecular weight excluding hydrogens is 242 g/mol. The maximum atomic E-state index is 5.72. The standard InChI is InChI=1S/C11H20ClN3S/c1-14(2)6-7-15(3)5-4-11-13-10(8-12)9-16-11/h9H,4-8H2,1-3H3. The number of hydrogen-bond donors (Lipinski definition) is 0. The van der Waals surface area contributed by atoms with Crippen LogP contribution < -0.4 is 0 Å². The third kappa shape index (κ3) is 5.25. The predicted molar refractivity (Wildman–Crippen MR) is 71.4 cm³/mol. The number of aromatic nitrogens is 1. The molecule has 0 amide bonds. The van der Waals surface area contributed by atoms with Crippen molar-refractivity contribution in [2.45, 2.75) is 12.3 Å². The highest BCUT2D eigenvalue weighted by atomic mass is 35.5. The van der Waals surface area contributed by atoms with Gasteiger partial charge in [-0.2, -0.15) is 0 Å². The molecule has 0 bridgehead atoms. The van der Waals surface area contributed by atoms with Gasteiger partial charge in [0.25, 0.3) is 0 Å². The molecule has 16 heavy (non-hydrogen) atoms. The zero-order valence-electron chi connectivity index (χ0n) is 10.2. The van der Waals surface area contributed by atoms with E-state index in [9.17, 15) is 0 Å². The van der Waals surface area contributed by atoms with Crippen LogP contribution in [-0.2, 0) is 12.3 Å².